The molecule has 2 N–H and O–H groups in total. The second-order valence-corrected chi connectivity index (χ2v) is 7.42. The van der Waals surface area contributed by atoms with E-state index in [1.54, 1.807) is 19.2 Å². The largest absolute Gasteiger partial charge is 0.497 e. The molecule has 1 aromatic heterocycles. The van der Waals surface area contributed by atoms with E-state index in [0.717, 1.165) is 15.0 Å². The number of rotatable bonds is 7. The molecule has 3 rings (SSSR count). The zero-order valence-electron chi connectivity index (χ0n) is 16.1. The molecule has 0 aliphatic heterocycles. The number of thioether (sulfide) groups is 1. The molecule has 0 spiro atoms. The van der Waals surface area contributed by atoms with Gasteiger partial charge in [-0.25, -0.2) is 4.79 Å². The lowest BCUT2D eigenvalue weighted by molar-refractivity contribution is 0.102. The highest BCUT2D eigenvalue weighted by atomic mass is 32.2. The third kappa shape index (κ3) is 4.43. The van der Waals surface area contributed by atoms with Gasteiger partial charge in [0, 0.05) is 11.9 Å². The number of ether oxygens (including phenoxy) is 1. The van der Waals surface area contributed by atoms with Crippen molar-refractivity contribution in [1.29, 1.82) is 0 Å². The fraction of sp³-hybridized carbons (Fsp3) is 0.190. The van der Waals surface area contributed by atoms with Gasteiger partial charge in [0.15, 0.2) is 5.78 Å². The summed E-state index contributed by atoms with van der Waals surface area (Å²) in [6, 6.07) is 16.5. The molecule has 1 heterocycles. The van der Waals surface area contributed by atoms with Crippen molar-refractivity contribution in [2.24, 2.45) is 7.05 Å². The zero-order valence-corrected chi connectivity index (χ0v) is 16.9. The number of Topliss-reactive ketones (excluding diaryl/α,β-unsaturated/α-hetero) is 1. The van der Waals surface area contributed by atoms with E-state index in [1.165, 1.54) is 23.4 Å². The third-order valence-electron chi connectivity index (χ3n) is 4.46. The van der Waals surface area contributed by atoms with Crippen LogP contribution in [0, 0.1) is 0 Å². The van der Waals surface area contributed by atoms with E-state index in [0.29, 0.717) is 5.75 Å². The number of anilines is 1. The van der Waals surface area contributed by atoms with Gasteiger partial charge in [0.25, 0.3) is 5.56 Å². The van der Waals surface area contributed by atoms with Gasteiger partial charge in [0.1, 0.15) is 17.1 Å². The number of aromatic nitrogens is 2. The van der Waals surface area contributed by atoms with Crippen molar-refractivity contribution in [3.63, 3.8) is 0 Å². The summed E-state index contributed by atoms with van der Waals surface area (Å²) in [4.78, 5) is 38.8. The minimum atomic E-state index is -0.687. The first-order valence-electron chi connectivity index (χ1n) is 8.85. The first kappa shape index (κ1) is 20.5. The summed E-state index contributed by atoms with van der Waals surface area (Å²) in [5.41, 5.74) is 5.54. The van der Waals surface area contributed by atoms with Gasteiger partial charge >= 0.3 is 5.69 Å². The average molecular weight is 411 g/mol. The Morgan fingerprint density at radius 3 is 2.52 bits per heavy atom. The maximum atomic E-state index is 12.8. The summed E-state index contributed by atoms with van der Waals surface area (Å²) in [5, 5.41) is 0. The number of carbonyl (C=O) groups is 1. The first-order chi connectivity index (χ1) is 13.9. The van der Waals surface area contributed by atoms with Crippen molar-refractivity contribution in [3.8, 4) is 5.75 Å². The van der Waals surface area contributed by atoms with E-state index < -0.39 is 17.0 Å². The molecule has 0 aliphatic carbocycles. The van der Waals surface area contributed by atoms with E-state index in [4.69, 9.17) is 10.5 Å². The Balaban J connectivity index is 1.92. The third-order valence-corrected chi connectivity index (χ3v) is 5.45. The van der Waals surface area contributed by atoms with Crippen LogP contribution in [0.5, 0.6) is 5.75 Å². The molecule has 7 nitrogen and oxygen atoms in total. The molecule has 0 amide bonds. The van der Waals surface area contributed by atoms with E-state index in [1.807, 2.05) is 42.5 Å². The smallest absolute Gasteiger partial charge is 0.332 e. The lowest BCUT2D eigenvalue weighted by Crippen LogP contribution is -2.43. The number of benzene rings is 2. The molecule has 0 bridgehead atoms. The van der Waals surface area contributed by atoms with Gasteiger partial charge in [-0.1, -0.05) is 36.4 Å². The number of nitrogens with zero attached hydrogens (tertiary/aromatic N) is 2. The summed E-state index contributed by atoms with van der Waals surface area (Å²) in [6.45, 7) is 0.170. The molecule has 3 aromatic rings. The summed E-state index contributed by atoms with van der Waals surface area (Å²) < 4.78 is 7.35. The van der Waals surface area contributed by atoms with Crippen LogP contribution in [0.3, 0.4) is 0 Å². The van der Waals surface area contributed by atoms with E-state index in [9.17, 15) is 14.4 Å². The molecule has 0 fully saturated rings. The maximum Gasteiger partial charge on any atom is 0.332 e. The number of hydrogen-bond donors (Lipinski definition) is 1. The van der Waals surface area contributed by atoms with Crippen molar-refractivity contribution in [1.82, 2.24) is 9.13 Å². The first-order valence-corrected chi connectivity index (χ1v) is 9.84. The van der Waals surface area contributed by atoms with Gasteiger partial charge in [0.2, 0.25) is 0 Å². The van der Waals surface area contributed by atoms with Crippen LogP contribution in [0.2, 0.25) is 0 Å². The Labute approximate surface area is 171 Å². The highest BCUT2D eigenvalue weighted by molar-refractivity contribution is 8.00. The summed E-state index contributed by atoms with van der Waals surface area (Å²) in [5.74, 6) is 0.140. The Hall–Kier alpha value is -3.26. The Morgan fingerprint density at radius 2 is 1.83 bits per heavy atom. The van der Waals surface area contributed by atoms with E-state index in [-0.39, 0.29) is 23.7 Å². The molecule has 8 heteroatoms. The highest BCUT2D eigenvalue weighted by Gasteiger charge is 2.21. The van der Waals surface area contributed by atoms with Crippen molar-refractivity contribution < 1.29 is 9.53 Å². The number of ketones is 1. The van der Waals surface area contributed by atoms with Crippen LogP contribution in [0.25, 0.3) is 0 Å². The molecule has 0 saturated carbocycles. The van der Waals surface area contributed by atoms with Crippen LogP contribution in [-0.4, -0.2) is 27.8 Å². The van der Waals surface area contributed by atoms with Crippen molar-refractivity contribution in [2.75, 3.05) is 18.6 Å². The molecule has 0 unspecified atom stereocenters. The minimum Gasteiger partial charge on any atom is -0.497 e. The van der Waals surface area contributed by atoms with Crippen LogP contribution < -0.4 is 21.7 Å². The van der Waals surface area contributed by atoms with E-state index in [2.05, 4.69) is 0 Å². The molecule has 0 radical (unpaired) electrons. The number of carbonyl (C=O) groups excluding carboxylic acids is 1. The van der Waals surface area contributed by atoms with Gasteiger partial charge in [0.05, 0.1) is 19.4 Å². The molecule has 0 saturated heterocycles. The van der Waals surface area contributed by atoms with Crippen LogP contribution in [0.15, 0.2) is 69.1 Å². The van der Waals surface area contributed by atoms with Gasteiger partial charge in [-0.05, 0) is 23.8 Å². The van der Waals surface area contributed by atoms with Gasteiger partial charge in [-0.15, -0.1) is 11.8 Å². The molecular formula is C21H21N3O4S. The molecule has 29 heavy (non-hydrogen) atoms. The fourth-order valence-corrected chi connectivity index (χ4v) is 3.69. The summed E-state index contributed by atoms with van der Waals surface area (Å²) in [7, 11) is 2.91. The normalized spacial score (nSPS) is 10.7. The van der Waals surface area contributed by atoms with Gasteiger partial charge in [-0.3, -0.25) is 18.7 Å². The highest BCUT2D eigenvalue weighted by Crippen LogP contribution is 2.24. The lowest BCUT2D eigenvalue weighted by Gasteiger charge is -2.14. The standard InChI is InChI=1S/C21H21N3O4S/c1-23-20(26)18(17(25)13-29-16-10-6-9-15(11-16)28-2)19(22)24(21(23)27)12-14-7-4-3-5-8-14/h3-11H,12-13,22H2,1-2H3. The van der Waals surface area contributed by atoms with Crippen LogP contribution in [0.1, 0.15) is 15.9 Å². The zero-order chi connectivity index (χ0) is 21.0. The number of nitrogens with two attached hydrogens (primary N) is 1. The molecule has 0 aliphatic rings. The predicted molar refractivity (Wildman–Crippen MR) is 114 cm³/mol. The van der Waals surface area contributed by atoms with E-state index >= 15 is 0 Å². The Kier molecular flexibility index (Phi) is 6.23. The second-order valence-electron chi connectivity index (χ2n) is 6.37. The molecule has 0 atom stereocenters. The van der Waals surface area contributed by atoms with Gasteiger partial charge in [-0.2, -0.15) is 0 Å². The maximum absolute atomic E-state index is 12.8. The fourth-order valence-electron chi connectivity index (χ4n) is 2.88. The SMILES string of the molecule is COc1cccc(SCC(=O)c2c(N)n(Cc3ccccc3)c(=O)n(C)c2=O)c1. The van der Waals surface area contributed by atoms with Crippen molar-refractivity contribution >= 4 is 23.4 Å². The second kappa shape index (κ2) is 8.83. The summed E-state index contributed by atoms with van der Waals surface area (Å²) >= 11 is 1.27. The number of methoxy groups -OCH3 is 1. The number of nitrogen functional groups attached to an aromatic ring is 1. The minimum absolute atomic E-state index is 0.0101. The van der Waals surface area contributed by atoms with Crippen LogP contribution in [-0.2, 0) is 13.6 Å². The average Bonchev–Trinajstić information content (AvgIpc) is 2.75. The topological polar surface area (TPSA) is 96.3 Å². The van der Waals surface area contributed by atoms with Crippen molar-refractivity contribution in [2.45, 2.75) is 11.4 Å². The van der Waals surface area contributed by atoms with Gasteiger partial charge < -0.3 is 10.5 Å². The molecule has 2 aromatic carbocycles. The van der Waals surface area contributed by atoms with Crippen molar-refractivity contribution in [3.05, 3.63) is 86.6 Å². The van der Waals surface area contributed by atoms with Crippen LogP contribution in [0.4, 0.5) is 5.82 Å². The monoisotopic (exact) mass is 411 g/mol. The molecular weight excluding hydrogens is 390 g/mol. The molecule has 150 valence electrons. The predicted octanol–water partition coefficient (Wildman–Crippen LogP) is 2.16. The summed E-state index contributed by atoms with van der Waals surface area (Å²) in [6.07, 6.45) is 0. The number of hydrogen-bond acceptors (Lipinski definition) is 6. The quantitative estimate of drug-likeness (QED) is 0.473. The Bertz CT molecular complexity index is 1150. The lowest BCUT2D eigenvalue weighted by atomic mass is 10.2. The Morgan fingerprint density at radius 1 is 1.10 bits per heavy atom. The van der Waals surface area contributed by atoms with Crippen LogP contribution >= 0.6 is 11.8 Å².